The first-order valence-corrected chi connectivity index (χ1v) is 14.9. The van der Waals surface area contributed by atoms with E-state index in [0.29, 0.717) is 40.8 Å². The quantitative estimate of drug-likeness (QED) is 0.208. The molecule has 1 atom stereocenters. The number of carboxylic acids is 1. The zero-order valence-corrected chi connectivity index (χ0v) is 24.9. The molecule has 1 N–H and O–H groups in total. The highest BCUT2D eigenvalue weighted by Gasteiger charge is 2.30. The Morgan fingerprint density at radius 1 is 1.02 bits per heavy atom. The number of nitrogens with zero attached hydrogens (tertiary/aromatic N) is 4. The van der Waals surface area contributed by atoms with Crippen LogP contribution in [0.1, 0.15) is 51.6 Å². The van der Waals surface area contributed by atoms with Crippen LogP contribution in [-0.2, 0) is 17.6 Å². The number of aliphatic carboxylic acids is 1. The first kappa shape index (κ1) is 30.0. The lowest BCUT2D eigenvalue weighted by Crippen LogP contribution is -2.39. The highest BCUT2D eigenvalue weighted by atomic mass is 35.5. The number of halogens is 1. The summed E-state index contributed by atoms with van der Waals surface area (Å²) in [6.45, 7) is 2.65. The van der Waals surface area contributed by atoms with Gasteiger partial charge in [0.05, 0.1) is 23.8 Å². The van der Waals surface area contributed by atoms with E-state index in [1.807, 2.05) is 66.7 Å². The Balaban J connectivity index is 1.43. The summed E-state index contributed by atoms with van der Waals surface area (Å²) in [5, 5.41) is 10.3. The molecule has 43 heavy (non-hydrogen) atoms. The molecule has 1 saturated heterocycles. The smallest absolute Gasteiger partial charge is 0.323 e. The van der Waals surface area contributed by atoms with Crippen LogP contribution in [-0.4, -0.2) is 58.1 Å². The Kier molecular flexibility index (Phi) is 9.89. The van der Waals surface area contributed by atoms with Crippen molar-refractivity contribution in [3.8, 4) is 5.75 Å². The summed E-state index contributed by atoms with van der Waals surface area (Å²) in [6, 6.07) is 25.3. The monoisotopic (exact) mass is 598 g/mol. The zero-order chi connectivity index (χ0) is 30.2. The van der Waals surface area contributed by atoms with Gasteiger partial charge in [0.25, 0.3) is 5.91 Å². The Labute approximate surface area is 256 Å². The molecule has 1 aliphatic heterocycles. The van der Waals surface area contributed by atoms with Crippen LogP contribution in [0.3, 0.4) is 0 Å². The Morgan fingerprint density at radius 2 is 1.77 bits per heavy atom. The van der Waals surface area contributed by atoms with Gasteiger partial charge in [-0.05, 0) is 73.6 Å². The number of aromatic nitrogens is 2. The summed E-state index contributed by atoms with van der Waals surface area (Å²) in [7, 11) is 0. The molecule has 1 fully saturated rings. The third-order valence-corrected chi connectivity index (χ3v) is 7.98. The van der Waals surface area contributed by atoms with Crippen molar-refractivity contribution < 1.29 is 19.4 Å². The third kappa shape index (κ3) is 7.70. The molecule has 1 aliphatic rings. The van der Waals surface area contributed by atoms with Gasteiger partial charge < -0.3 is 19.6 Å². The second-order valence-electron chi connectivity index (χ2n) is 10.6. The van der Waals surface area contributed by atoms with Crippen molar-refractivity contribution in [2.24, 2.45) is 0 Å². The second kappa shape index (κ2) is 14.2. The molecule has 1 amide bonds. The maximum Gasteiger partial charge on any atom is 0.323 e. The van der Waals surface area contributed by atoms with E-state index in [2.05, 4.69) is 28.9 Å². The molecule has 0 aliphatic carbocycles. The molecule has 0 unspecified atom stereocenters. The summed E-state index contributed by atoms with van der Waals surface area (Å²) in [5.41, 5.74) is 4.37. The van der Waals surface area contributed by atoms with Gasteiger partial charge in [-0.15, -0.1) is 0 Å². The molecule has 8 nitrogen and oxygen atoms in total. The normalized spacial score (nSPS) is 14.5. The van der Waals surface area contributed by atoms with Gasteiger partial charge >= 0.3 is 5.97 Å². The van der Waals surface area contributed by atoms with Crippen molar-refractivity contribution in [1.82, 2.24) is 14.9 Å². The average molecular weight is 599 g/mol. The topological polar surface area (TPSA) is 95.9 Å². The minimum atomic E-state index is -1.10. The highest BCUT2D eigenvalue weighted by molar-refractivity contribution is 6.30. The van der Waals surface area contributed by atoms with Crippen LogP contribution in [0.15, 0.2) is 85.1 Å². The molecule has 2 heterocycles. The van der Waals surface area contributed by atoms with E-state index in [4.69, 9.17) is 21.3 Å². The number of carbonyl (C=O) groups excluding carboxylic acids is 1. The average Bonchev–Trinajstić information content (AvgIpc) is 3.50. The lowest BCUT2D eigenvalue weighted by Gasteiger charge is -2.27. The van der Waals surface area contributed by atoms with Gasteiger partial charge in [-0.3, -0.25) is 9.59 Å². The number of hydrogen-bond donors (Lipinski definition) is 1. The highest BCUT2D eigenvalue weighted by Crippen LogP contribution is 2.35. The molecule has 0 bridgehead atoms. The number of benzene rings is 3. The molecule has 0 radical (unpaired) electrons. The van der Waals surface area contributed by atoms with E-state index in [1.54, 1.807) is 6.20 Å². The fourth-order valence-corrected chi connectivity index (χ4v) is 5.60. The minimum Gasteiger partial charge on any atom is -0.492 e. The Morgan fingerprint density at radius 3 is 2.51 bits per heavy atom. The summed E-state index contributed by atoms with van der Waals surface area (Å²) in [5.74, 6) is -0.320. The number of hydrogen-bond acceptors (Lipinski definition) is 6. The van der Waals surface area contributed by atoms with Crippen molar-refractivity contribution in [2.45, 2.75) is 38.6 Å². The first-order valence-electron chi connectivity index (χ1n) is 14.5. The predicted octanol–water partition coefficient (Wildman–Crippen LogP) is 6.17. The van der Waals surface area contributed by atoms with Crippen LogP contribution in [0, 0.1) is 6.92 Å². The van der Waals surface area contributed by atoms with Crippen LogP contribution in [0.4, 0.5) is 5.95 Å². The lowest BCUT2D eigenvalue weighted by molar-refractivity contribution is -0.137. The largest absolute Gasteiger partial charge is 0.492 e. The van der Waals surface area contributed by atoms with Crippen molar-refractivity contribution in [1.29, 1.82) is 0 Å². The molecule has 1 aromatic heterocycles. The molecule has 9 heteroatoms. The molecule has 3 aromatic carbocycles. The van der Waals surface area contributed by atoms with E-state index in [9.17, 15) is 14.7 Å². The lowest BCUT2D eigenvalue weighted by atomic mass is 10.0. The van der Waals surface area contributed by atoms with Gasteiger partial charge in [0, 0.05) is 17.8 Å². The molecule has 0 saturated carbocycles. The van der Waals surface area contributed by atoms with Crippen molar-refractivity contribution in [3.05, 3.63) is 118 Å². The predicted molar refractivity (Wildman–Crippen MR) is 167 cm³/mol. The van der Waals surface area contributed by atoms with Gasteiger partial charge in [-0.1, -0.05) is 66.2 Å². The van der Waals surface area contributed by atoms with E-state index in [0.717, 1.165) is 30.5 Å². The van der Waals surface area contributed by atoms with Crippen LogP contribution in [0.2, 0.25) is 5.02 Å². The van der Waals surface area contributed by atoms with E-state index in [-0.39, 0.29) is 19.2 Å². The summed E-state index contributed by atoms with van der Waals surface area (Å²) in [4.78, 5) is 38.7. The number of amides is 1. The van der Waals surface area contributed by atoms with E-state index in [1.165, 1.54) is 10.5 Å². The summed E-state index contributed by atoms with van der Waals surface area (Å²) in [6.07, 6.45) is 4.69. The fraction of sp³-hybridized carbons (Fsp3) is 0.294. The number of rotatable bonds is 12. The van der Waals surface area contributed by atoms with Crippen molar-refractivity contribution in [3.63, 3.8) is 0 Å². The number of carbonyl (C=O) groups is 2. The molecular weight excluding hydrogens is 564 g/mol. The fourth-order valence-electron chi connectivity index (χ4n) is 5.47. The molecule has 5 rings (SSSR count). The summed E-state index contributed by atoms with van der Waals surface area (Å²) >= 11 is 6.14. The Hall–Kier alpha value is -4.43. The van der Waals surface area contributed by atoms with E-state index >= 15 is 0 Å². The van der Waals surface area contributed by atoms with Gasteiger partial charge in [-0.2, -0.15) is 0 Å². The van der Waals surface area contributed by atoms with Gasteiger partial charge in [-0.25, -0.2) is 9.97 Å². The maximum absolute atomic E-state index is 13.9. The van der Waals surface area contributed by atoms with Crippen molar-refractivity contribution >= 4 is 29.4 Å². The van der Waals surface area contributed by atoms with E-state index < -0.39 is 18.4 Å². The Bertz CT molecular complexity index is 1550. The van der Waals surface area contributed by atoms with Crippen LogP contribution in [0.25, 0.3) is 0 Å². The number of para-hydroxylation sites is 1. The number of ether oxygens (including phenoxy) is 1. The standard InChI is InChI=1S/C34H35ClN4O4/c1-24-8-5-6-9-25(24)15-18-30-29(33(42)38(23-32(40)41)20-21-43-28-10-3-2-4-11-28)22-36-34(37-30)39-19-7-12-31(39)26-13-16-27(35)17-14-26/h2-6,8-11,13-14,16-17,22,31H,7,12,15,18-21,23H2,1H3,(H,40,41)/t31-/m0/s1. The molecule has 0 spiro atoms. The third-order valence-electron chi connectivity index (χ3n) is 7.73. The maximum atomic E-state index is 13.9. The molecule has 4 aromatic rings. The van der Waals surface area contributed by atoms with Crippen LogP contribution in [0.5, 0.6) is 5.75 Å². The van der Waals surface area contributed by atoms with Crippen LogP contribution >= 0.6 is 11.6 Å². The zero-order valence-electron chi connectivity index (χ0n) is 24.2. The SMILES string of the molecule is Cc1ccccc1CCc1nc(N2CCC[C@H]2c2ccc(Cl)cc2)ncc1C(=O)N(CCOc1ccccc1)CC(=O)O. The number of carboxylic acid groups (broad SMARTS) is 1. The van der Waals surface area contributed by atoms with Gasteiger partial charge in [0.1, 0.15) is 18.9 Å². The van der Waals surface area contributed by atoms with Gasteiger partial charge in [0.15, 0.2) is 0 Å². The molecular formula is C34H35ClN4O4. The second-order valence-corrected chi connectivity index (χ2v) is 11.1. The summed E-state index contributed by atoms with van der Waals surface area (Å²) < 4.78 is 5.77. The number of aryl methyl sites for hydroxylation is 3. The van der Waals surface area contributed by atoms with Crippen molar-refractivity contribution in [2.75, 3.05) is 31.1 Å². The first-order chi connectivity index (χ1) is 20.9. The van der Waals surface area contributed by atoms with Crippen LogP contribution < -0.4 is 9.64 Å². The van der Waals surface area contributed by atoms with Gasteiger partial charge in [0.2, 0.25) is 5.95 Å². The number of anilines is 1. The minimum absolute atomic E-state index is 0.0988. The molecule has 222 valence electrons.